The molecule has 0 atom stereocenters. The summed E-state index contributed by atoms with van der Waals surface area (Å²) < 4.78 is 2.33. The molecule has 0 aliphatic heterocycles. The van der Waals surface area contributed by atoms with Gasteiger partial charge in [0, 0.05) is 16.9 Å². The van der Waals surface area contributed by atoms with Crippen LogP contribution in [0.4, 0.5) is 0 Å². The first-order valence-electron chi connectivity index (χ1n) is 13.9. The first kappa shape index (κ1) is 30.7. The molecule has 2 nitrogen and oxygen atoms in total. The van der Waals surface area contributed by atoms with Gasteiger partial charge in [0.1, 0.15) is 0 Å². The molecule has 0 spiro atoms. The Morgan fingerprint density at radius 2 is 1.61 bits per heavy atom. The molecule has 3 aromatic rings. The summed E-state index contributed by atoms with van der Waals surface area (Å²) in [6.07, 6.45) is 22.0. The fourth-order valence-electron chi connectivity index (χ4n) is 4.82. The Kier molecular flexibility index (Phi) is 10.9. The van der Waals surface area contributed by atoms with Crippen molar-refractivity contribution in [3.63, 3.8) is 0 Å². The molecule has 0 aliphatic rings. The topological polar surface area (TPSA) is 30.9 Å². The van der Waals surface area contributed by atoms with E-state index < -0.39 is 0 Å². The lowest BCUT2D eigenvalue weighted by molar-refractivity contribution is 1.06. The van der Waals surface area contributed by atoms with Crippen molar-refractivity contribution in [1.29, 1.82) is 0 Å². The third-order valence-electron chi connectivity index (χ3n) is 7.27. The van der Waals surface area contributed by atoms with Crippen molar-refractivity contribution < 1.29 is 0 Å². The standard InChI is InChI=1S/C39H42N2/c1-9-14-16-19-31(10-2)26-38-29(7)30(8)39(41(38)35-20-17-15-18-21-35)36-24-23-34(27-33(36)13-5)37(40)25-22-28(6)32(11-3)12-4/h9-27H,2-3,5,40H2,1,4,6-8H3/b14-9-,19-16-,28-22+,31-26+,32-12+,37-25-. The van der Waals surface area contributed by atoms with Crippen molar-refractivity contribution in [2.24, 2.45) is 5.73 Å². The summed E-state index contributed by atoms with van der Waals surface area (Å²) in [5, 5.41) is 0. The van der Waals surface area contributed by atoms with E-state index in [4.69, 9.17) is 5.73 Å². The zero-order valence-electron chi connectivity index (χ0n) is 25.1. The van der Waals surface area contributed by atoms with Crippen LogP contribution in [0.3, 0.4) is 0 Å². The lowest BCUT2D eigenvalue weighted by Gasteiger charge is -2.16. The molecule has 0 unspecified atom stereocenters. The number of para-hydroxylation sites is 1. The Labute approximate surface area is 246 Å². The molecule has 1 aromatic heterocycles. The molecule has 1 heterocycles. The maximum Gasteiger partial charge on any atom is 0.0572 e. The largest absolute Gasteiger partial charge is 0.398 e. The van der Waals surface area contributed by atoms with E-state index in [9.17, 15) is 0 Å². The SMILES string of the molecule is C=CC(/C=C\C=C/C)=C\c1c(C)c(C)c(-c2ccc(/C(N)=C/C=C(C)/C(C=C)=C/C)cc2C=C)n1-c1ccccc1. The van der Waals surface area contributed by atoms with Gasteiger partial charge in [-0.1, -0.05) is 105 Å². The van der Waals surface area contributed by atoms with Gasteiger partial charge in [-0.3, -0.25) is 0 Å². The van der Waals surface area contributed by atoms with Crippen LogP contribution in [0.2, 0.25) is 0 Å². The maximum absolute atomic E-state index is 6.54. The second-order valence-electron chi connectivity index (χ2n) is 9.81. The number of hydrogen-bond acceptors (Lipinski definition) is 1. The van der Waals surface area contributed by atoms with Crippen molar-refractivity contribution in [2.75, 3.05) is 0 Å². The van der Waals surface area contributed by atoms with Crippen LogP contribution in [-0.2, 0) is 0 Å². The van der Waals surface area contributed by atoms with Crippen LogP contribution in [-0.4, -0.2) is 4.57 Å². The lowest BCUT2D eigenvalue weighted by Crippen LogP contribution is -2.02. The van der Waals surface area contributed by atoms with Gasteiger partial charge in [-0.2, -0.15) is 0 Å². The van der Waals surface area contributed by atoms with Gasteiger partial charge in [-0.15, -0.1) is 0 Å². The van der Waals surface area contributed by atoms with Crippen molar-refractivity contribution >= 4 is 17.8 Å². The Morgan fingerprint density at radius 1 is 0.878 bits per heavy atom. The molecule has 2 N–H and O–H groups in total. The van der Waals surface area contributed by atoms with Gasteiger partial charge >= 0.3 is 0 Å². The third kappa shape index (κ3) is 7.04. The molecule has 0 aliphatic carbocycles. The van der Waals surface area contributed by atoms with Crippen molar-refractivity contribution in [2.45, 2.75) is 34.6 Å². The van der Waals surface area contributed by atoms with Crippen LogP contribution in [0.25, 0.3) is 34.8 Å². The van der Waals surface area contributed by atoms with Crippen LogP contribution >= 0.6 is 0 Å². The predicted octanol–water partition coefficient (Wildman–Crippen LogP) is 10.5. The zero-order valence-corrected chi connectivity index (χ0v) is 25.1. The number of aromatic nitrogens is 1. The maximum atomic E-state index is 6.54. The second kappa shape index (κ2) is 14.5. The number of hydrogen-bond donors (Lipinski definition) is 1. The molecule has 0 fully saturated rings. The number of benzene rings is 2. The molecule has 41 heavy (non-hydrogen) atoms. The molecule has 0 bridgehead atoms. The smallest absolute Gasteiger partial charge is 0.0572 e. The van der Waals surface area contributed by atoms with Gasteiger partial charge in [0.15, 0.2) is 0 Å². The number of nitrogens with zero attached hydrogens (tertiary/aromatic N) is 1. The molecule has 208 valence electrons. The van der Waals surface area contributed by atoms with E-state index in [1.54, 1.807) is 0 Å². The van der Waals surface area contributed by atoms with Crippen molar-refractivity contribution in [1.82, 2.24) is 4.57 Å². The average molecular weight is 539 g/mol. The Balaban J connectivity index is 2.25. The molecule has 2 aromatic carbocycles. The van der Waals surface area contributed by atoms with Crippen molar-refractivity contribution in [3.05, 3.63) is 168 Å². The highest BCUT2D eigenvalue weighted by molar-refractivity contribution is 5.83. The fourth-order valence-corrected chi connectivity index (χ4v) is 4.82. The van der Waals surface area contributed by atoms with Crippen LogP contribution in [0, 0.1) is 13.8 Å². The van der Waals surface area contributed by atoms with E-state index in [2.05, 4.69) is 99.7 Å². The summed E-state index contributed by atoms with van der Waals surface area (Å²) in [5.74, 6) is 0. The highest BCUT2D eigenvalue weighted by atomic mass is 15.0. The van der Waals surface area contributed by atoms with Gasteiger partial charge in [-0.05, 0) is 104 Å². The molecular formula is C39H42N2. The number of nitrogens with two attached hydrogens (primary N) is 1. The summed E-state index contributed by atoms with van der Waals surface area (Å²) >= 11 is 0. The minimum atomic E-state index is 0.692. The van der Waals surface area contributed by atoms with E-state index >= 15 is 0 Å². The van der Waals surface area contributed by atoms with E-state index in [1.165, 1.54) is 11.1 Å². The van der Waals surface area contributed by atoms with Gasteiger partial charge in [0.2, 0.25) is 0 Å². The Hall–Kier alpha value is -4.82. The van der Waals surface area contributed by atoms with E-state index in [1.807, 2.05) is 74.6 Å². The highest BCUT2D eigenvalue weighted by Gasteiger charge is 2.21. The zero-order chi connectivity index (χ0) is 29.9. The molecule has 3 rings (SSSR count). The highest BCUT2D eigenvalue weighted by Crippen LogP contribution is 2.38. The first-order valence-corrected chi connectivity index (χ1v) is 13.9. The van der Waals surface area contributed by atoms with Crippen LogP contribution in [0.5, 0.6) is 0 Å². The molecule has 0 saturated heterocycles. The minimum absolute atomic E-state index is 0.692. The van der Waals surface area contributed by atoms with Crippen LogP contribution in [0.15, 0.2) is 140 Å². The molecule has 0 saturated carbocycles. The Morgan fingerprint density at radius 3 is 2.22 bits per heavy atom. The quantitative estimate of drug-likeness (QED) is 0.242. The van der Waals surface area contributed by atoms with Gasteiger partial charge < -0.3 is 10.3 Å². The van der Waals surface area contributed by atoms with Gasteiger partial charge in [0.25, 0.3) is 0 Å². The summed E-state index contributed by atoms with van der Waals surface area (Å²) in [5.41, 5.74) is 19.3. The second-order valence-corrected chi connectivity index (χ2v) is 9.81. The van der Waals surface area contributed by atoms with E-state index in [-0.39, 0.29) is 0 Å². The fraction of sp³-hybridized carbons (Fsp3) is 0.128. The first-order chi connectivity index (χ1) is 19.8. The van der Waals surface area contributed by atoms with E-state index in [0.717, 1.165) is 50.5 Å². The minimum Gasteiger partial charge on any atom is -0.398 e. The van der Waals surface area contributed by atoms with Crippen LogP contribution < -0.4 is 5.73 Å². The lowest BCUT2D eigenvalue weighted by atomic mass is 9.97. The molecular weight excluding hydrogens is 496 g/mol. The summed E-state index contributed by atoms with van der Waals surface area (Å²) in [7, 11) is 0. The third-order valence-corrected chi connectivity index (χ3v) is 7.27. The van der Waals surface area contributed by atoms with Gasteiger partial charge in [-0.25, -0.2) is 0 Å². The molecule has 0 amide bonds. The van der Waals surface area contributed by atoms with E-state index in [0.29, 0.717) is 5.70 Å². The predicted molar refractivity (Wildman–Crippen MR) is 183 cm³/mol. The molecule has 0 radical (unpaired) electrons. The monoisotopic (exact) mass is 538 g/mol. The van der Waals surface area contributed by atoms with Crippen molar-refractivity contribution in [3.8, 4) is 16.9 Å². The number of rotatable bonds is 11. The summed E-state index contributed by atoms with van der Waals surface area (Å²) in [4.78, 5) is 0. The number of allylic oxidation sites excluding steroid dienone is 12. The van der Waals surface area contributed by atoms with Crippen LogP contribution in [0.1, 0.15) is 48.7 Å². The average Bonchev–Trinajstić information content (AvgIpc) is 3.24. The summed E-state index contributed by atoms with van der Waals surface area (Å²) in [6, 6.07) is 16.8. The normalized spacial score (nSPS) is 13.3. The summed E-state index contributed by atoms with van der Waals surface area (Å²) in [6.45, 7) is 22.5. The van der Waals surface area contributed by atoms with Gasteiger partial charge in [0.05, 0.1) is 11.4 Å². The Bertz CT molecular complexity index is 1610. The molecule has 2 heteroatoms.